The lowest BCUT2D eigenvalue weighted by molar-refractivity contribution is -0.154. The van der Waals surface area contributed by atoms with Gasteiger partial charge >= 0.3 is 6.18 Å². The second-order valence-corrected chi connectivity index (χ2v) is 8.11. The zero-order chi connectivity index (χ0) is 25.3. The Balaban J connectivity index is 1.60. The number of hydrogen-bond acceptors (Lipinski definition) is 7. The Labute approximate surface area is 203 Å². The third-order valence-electron chi connectivity index (χ3n) is 5.61. The van der Waals surface area contributed by atoms with E-state index in [-0.39, 0.29) is 42.4 Å². The van der Waals surface area contributed by atoms with Crippen molar-refractivity contribution in [3.05, 3.63) is 88.0 Å². The van der Waals surface area contributed by atoms with Crippen LogP contribution in [-0.4, -0.2) is 23.2 Å². The fraction of sp³-hybridized carbons (Fsp3) is 0.231. The Morgan fingerprint density at radius 2 is 1.89 bits per heavy atom. The summed E-state index contributed by atoms with van der Waals surface area (Å²) in [6, 6.07) is 12.8. The molecule has 0 saturated carbocycles. The van der Waals surface area contributed by atoms with Gasteiger partial charge in [0.2, 0.25) is 11.2 Å². The molecule has 0 atom stereocenters. The van der Waals surface area contributed by atoms with E-state index in [0.717, 1.165) is 5.56 Å². The Kier molecular flexibility index (Phi) is 6.27. The highest BCUT2D eigenvalue weighted by Crippen LogP contribution is 2.42. The Morgan fingerprint density at radius 1 is 1.08 bits per heavy atom. The van der Waals surface area contributed by atoms with Gasteiger partial charge in [0.25, 0.3) is 5.76 Å². The van der Waals surface area contributed by atoms with E-state index >= 15 is 0 Å². The molecule has 36 heavy (non-hydrogen) atoms. The molecule has 0 N–H and O–H groups in total. The van der Waals surface area contributed by atoms with Crippen LogP contribution in [0.4, 0.5) is 13.2 Å². The molecule has 7 nitrogen and oxygen atoms in total. The molecule has 1 aliphatic rings. The predicted molar refractivity (Wildman–Crippen MR) is 124 cm³/mol. The number of nitrogens with zero attached hydrogens (tertiary/aromatic N) is 2. The van der Waals surface area contributed by atoms with Gasteiger partial charge in [-0.3, -0.25) is 14.7 Å². The topological polar surface area (TPSA) is 74.0 Å². The van der Waals surface area contributed by atoms with Crippen LogP contribution in [0.1, 0.15) is 23.8 Å². The Hall–Kier alpha value is -4.05. The average Bonchev–Trinajstić information content (AvgIpc) is 2.86. The van der Waals surface area contributed by atoms with Gasteiger partial charge < -0.3 is 18.6 Å². The first-order chi connectivity index (χ1) is 17.3. The van der Waals surface area contributed by atoms with Gasteiger partial charge in [-0.05, 0) is 42.8 Å². The number of pyridine rings is 1. The predicted octanol–water partition coefficient (Wildman–Crippen LogP) is 5.75. The van der Waals surface area contributed by atoms with E-state index in [2.05, 4.69) is 4.98 Å². The first kappa shape index (κ1) is 23.7. The van der Waals surface area contributed by atoms with E-state index < -0.39 is 23.1 Å². The molecule has 0 amide bonds. The highest BCUT2D eigenvalue weighted by Gasteiger charge is 2.41. The number of fused-ring (bicyclic) bond motifs is 3. The van der Waals surface area contributed by atoms with E-state index in [1.54, 1.807) is 49.6 Å². The molecule has 3 heterocycles. The number of para-hydroxylation sites is 2. The number of benzene rings is 2. The molecule has 0 radical (unpaired) electrons. The number of rotatable bonds is 6. The lowest BCUT2D eigenvalue weighted by atomic mass is 10.1. The molecule has 4 aromatic rings. The third kappa shape index (κ3) is 4.59. The average molecular weight is 498 g/mol. The first-order valence-corrected chi connectivity index (χ1v) is 11.2. The van der Waals surface area contributed by atoms with Crippen LogP contribution < -0.4 is 19.6 Å². The number of aromatic nitrogens is 1. The van der Waals surface area contributed by atoms with Gasteiger partial charge in [0.1, 0.15) is 18.1 Å². The summed E-state index contributed by atoms with van der Waals surface area (Å²) < 4.78 is 64.4. The summed E-state index contributed by atoms with van der Waals surface area (Å²) in [7, 11) is 0. The van der Waals surface area contributed by atoms with E-state index in [9.17, 15) is 18.0 Å². The van der Waals surface area contributed by atoms with Gasteiger partial charge in [-0.15, -0.1) is 0 Å². The maximum absolute atomic E-state index is 14.1. The molecule has 186 valence electrons. The molecule has 2 aromatic heterocycles. The summed E-state index contributed by atoms with van der Waals surface area (Å²) in [6.07, 6.45) is -1.64. The molecule has 5 rings (SSSR count). The lowest BCUT2D eigenvalue weighted by Gasteiger charge is -2.29. The molecule has 0 aliphatic carbocycles. The van der Waals surface area contributed by atoms with E-state index in [0.29, 0.717) is 17.9 Å². The second kappa shape index (κ2) is 9.54. The van der Waals surface area contributed by atoms with Gasteiger partial charge in [-0.1, -0.05) is 18.2 Å². The summed E-state index contributed by atoms with van der Waals surface area (Å²) >= 11 is 0. The molecule has 2 aromatic carbocycles. The summed E-state index contributed by atoms with van der Waals surface area (Å²) in [6.45, 7) is 2.88. The van der Waals surface area contributed by atoms with Crippen molar-refractivity contribution in [2.24, 2.45) is 0 Å². The molecule has 0 bridgehead atoms. The molecular weight excluding hydrogens is 477 g/mol. The van der Waals surface area contributed by atoms with Crippen LogP contribution in [0.2, 0.25) is 0 Å². The van der Waals surface area contributed by atoms with Gasteiger partial charge in [0.15, 0.2) is 11.5 Å². The van der Waals surface area contributed by atoms with Crippen molar-refractivity contribution in [2.45, 2.75) is 26.2 Å². The van der Waals surface area contributed by atoms with Crippen LogP contribution in [0.25, 0.3) is 11.0 Å². The van der Waals surface area contributed by atoms with E-state index in [1.807, 2.05) is 11.0 Å². The SMILES string of the molecule is CCOc1ccccc1Oc1c(C(F)(F)F)oc2c3c(ccc2c1=O)OCN(Cc1cccnc1)C3. The summed E-state index contributed by atoms with van der Waals surface area (Å²) in [5.41, 5.74) is 0.130. The van der Waals surface area contributed by atoms with Crippen molar-refractivity contribution in [2.75, 3.05) is 13.3 Å². The summed E-state index contributed by atoms with van der Waals surface area (Å²) in [5, 5.41) is -0.0440. The molecule has 0 fully saturated rings. The molecule has 0 unspecified atom stereocenters. The van der Waals surface area contributed by atoms with Crippen LogP contribution >= 0.6 is 0 Å². The van der Waals surface area contributed by atoms with Crippen molar-refractivity contribution in [1.29, 1.82) is 0 Å². The highest BCUT2D eigenvalue weighted by molar-refractivity contribution is 5.84. The normalized spacial score (nSPS) is 13.8. The quantitative estimate of drug-likeness (QED) is 0.335. The van der Waals surface area contributed by atoms with Crippen molar-refractivity contribution in [3.63, 3.8) is 0 Å². The minimum atomic E-state index is -4.99. The standard InChI is InChI=1S/C26H21F3N2O5/c1-2-33-20-7-3-4-8-21(20)35-24-22(32)17-9-10-19-18(23(17)36-25(24)26(27,28)29)14-31(15-34-19)13-16-6-5-11-30-12-16/h3-12H,2,13-15H2,1H3. The summed E-state index contributed by atoms with van der Waals surface area (Å²) in [5.74, 6) is -1.94. The lowest BCUT2D eigenvalue weighted by Crippen LogP contribution is -2.32. The second-order valence-electron chi connectivity index (χ2n) is 8.11. The summed E-state index contributed by atoms with van der Waals surface area (Å²) in [4.78, 5) is 19.3. The van der Waals surface area contributed by atoms with Crippen LogP contribution in [0.3, 0.4) is 0 Å². The Bertz CT molecular complexity index is 1450. The molecule has 0 spiro atoms. The molecule has 10 heteroatoms. The van der Waals surface area contributed by atoms with Crippen LogP contribution in [0, 0.1) is 0 Å². The zero-order valence-corrected chi connectivity index (χ0v) is 19.2. The number of ether oxygens (including phenoxy) is 3. The maximum Gasteiger partial charge on any atom is 0.453 e. The first-order valence-electron chi connectivity index (χ1n) is 11.2. The number of hydrogen-bond donors (Lipinski definition) is 0. The maximum atomic E-state index is 14.1. The fourth-order valence-corrected chi connectivity index (χ4v) is 4.04. The van der Waals surface area contributed by atoms with Gasteiger partial charge in [-0.25, -0.2) is 0 Å². The van der Waals surface area contributed by atoms with Crippen LogP contribution in [0.5, 0.6) is 23.0 Å². The number of halogens is 3. The number of alkyl halides is 3. The zero-order valence-electron chi connectivity index (χ0n) is 19.2. The smallest absolute Gasteiger partial charge is 0.453 e. The van der Waals surface area contributed by atoms with Crippen molar-refractivity contribution in [3.8, 4) is 23.0 Å². The largest absolute Gasteiger partial charge is 0.490 e. The molecule has 1 aliphatic heterocycles. The monoisotopic (exact) mass is 498 g/mol. The van der Waals surface area contributed by atoms with Crippen LogP contribution in [0.15, 0.2) is 70.1 Å². The van der Waals surface area contributed by atoms with Crippen LogP contribution in [-0.2, 0) is 19.3 Å². The third-order valence-corrected chi connectivity index (χ3v) is 5.61. The van der Waals surface area contributed by atoms with Gasteiger partial charge in [0, 0.05) is 25.5 Å². The van der Waals surface area contributed by atoms with Crippen molar-refractivity contribution in [1.82, 2.24) is 9.88 Å². The molecule has 0 saturated heterocycles. The van der Waals surface area contributed by atoms with E-state index in [1.165, 1.54) is 12.1 Å². The van der Waals surface area contributed by atoms with Crippen molar-refractivity contribution < 1.29 is 31.8 Å². The highest BCUT2D eigenvalue weighted by atomic mass is 19.4. The van der Waals surface area contributed by atoms with Gasteiger partial charge in [-0.2, -0.15) is 13.2 Å². The fourth-order valence-electron chi connectivity index (χ4n) is 4.04. The van der Waals surface area contributed by atoms with Crippen molar-refractivity contribution >= 4 is 11.0 Å². The van der Waals surface area contributed by atoms with E-state index in [4.69, 9.17) is 18.6 Å². The Morgan fingerprint density at radius 3 is 2.61 bits per heavy atom. The minimum Gasteiger partial charge on any atom is -0.490 e. The van der Waals surface area contributed by atoms with Gasteiger partial charge in [0.05, 0.1) is 17.6 Å². The molecular formula is C26H21F3N2O5. The minimum absolute atomic E-state index is 0.0274.